The number of nitrogens with zero attached hydrogens (tertiary/aromatic N) is 1. The van der Waals surface area contributed by atoms with E-state index in [9.17, 15) is 9.59 Å². The second kappa shape index (κ2) is 11.3. The van der Waals surface area contributed by atoms with E-state index < -0.39 is 0 Å². The molecule has 1 saturated heterocycles. The number of benzene rings is 5. The van der Waals surface area contributed by atoms with Crippen LogP contribution in [0.25, 0.3) is 27.6 Å². The van der Waals surface area contributed by atoms with Crippen molar-refractivity contribution in [1.82, 2.24) is 4.90 Å². The summed E-state index contributed by atoms with van der Waals surface area (Å²) < 4.78 is 12.1. The van der Waals surface area contributed by atoms with Gasteiger partial charge in [0.1, 0.15) is 6.61 Å². The zero-order valence-electron chi connectivity index (χ0n) is 22.0. The van der Waals surface area contributed by atoms with Crippen LogP contribution in [0.5, 0.6) is 11.5 Å². The molecule has 2 amide bonds. The molecule has 5 nitrogen and oxygen atoms in total. The molecule has 6 heteroatoms. The standard InChI is InChI=1S/C34H27NO4S/c1-2-38-31-19-23(17-18-30(31)39-22-27-14-8-12-25-10-4-6-16-29(25)27)20-32-33(36)35(34(37)40-32)21-26-13-7-11-24-9-3-5-15-28(24)26/h3-20H,2,21-22H2,1H3/b32-20+. The van der Waals surface area contributed by atoms with Gasteiger partial charge in [0.05, 0.1) is 18.1 Å². The van der Waals surface area contributed by atoms with Crippen LogP contribution >= 0.6 is 11.8 Å². The smallest absolute Gasteiger partial charge is 0.293 e. The molecule has 1 aliphatic heterocycles. The Hall–Kier alpha value is -4.55. The summed E-state index contributed by atoms with van der Waals surface area (Å²) in [4.78, 5) is 27.8. The topological polar surface area (TPSA) is 55.8 Å². The summed E-state index contributed by atoms with van der Waals surface area (Å²) in [5, 5.41) is 4.16. The van der Waals surface area contributed by atoms with Crippen molar-refractivity contribution in [2.45, 2.75) is 20.1 Å². The average molecular weight is 546 g/mol. The number of hydrogen-bond donors (Lipinski definition) is 0. The highest BCUT2D eigenvalue weighted by atomic mass is 32.2. The first kappa shape index (κ1) is 25.7. The molecule has 0 saturated carbocycles. The van der Waals surface area contributed by atoms with Gasteiger partial charge in [-0.2, -0.15) is 0 Å². The van der Waals surface area contributed by atoms with Gasteiger partial charge < -0.3 is 9.47 Å². The van der Waals surface area contributed by atoms with E-state index in [1.807, 2.05) is 85.8 Å². The van der Waals surface area contributed by atoms with Crippen LogP contribution < -0.4 is 9.47 Å². The summed E-state index contributed by atoms with van der Waals surface area (Å²) >= 11 is 0.960. The summed E-state index contributed by atoms with van der Waals surface area (Å²) in [5.74, 6) is 0.916. The number of hydrogen-bond acceptors (Lipinski definition) is 5. The number of fused-ring (bicyclic) bond motifs is 2. The van der Waals surface area contributed by atoms with Gasteiger partial charge in [-0.3, -0.25) is 14.5 Å². The molecule has 0 aliphatic carbocycles. The molecule has 5 aromatic carbocycles. The minimum Gasteiger partial charge on any atom is -0.490 e. The molecule has 198 valence electrons. The van der Waals surface area contributed by atoms with E-state index in [-0.39, 0.29) is 17.7 Å². The molecule has 1 aliphatic rings. The number of thioether (sulfide) groups is 1. The van der Waals surface area contributed by atoms with Gasteiger partial charge in [-0.15, -0.1) is 0 Å². The minimum absolute atomic E-state index is 0.231. The Morgan fingerprint density at radius 1 is 0.725 bits per heavy atom. The maximum atomic E-state index is 13.3. The molecule has 0 aromatic heterocycles. The van der Waals surface area contributed by atoms with Crippen LogP contribution in [-0.4, -0.2) is 22.7 Å². The van der Waals surface area contributed by atoms with Gasteiger partial charge in [0.25, 0.3) is 11.1 Å². The van der Waals surface area contributed by atoms with Gasteiger partial charge in [0.15, 0.2) is 11.5 Å². The molecule has 1 heterocycles. The number of amides is 2. The molecule has 0 radical (unpaired) electrons. The van der Waals surface area contributed by atoms with Gasteiger partial charge in [-0.25, -0.2) is 0 Å². The Morgan fingerprint density at radius 2 is 1.38 bits per heavy atom. The lowest BCUT2D eigenvalue weighted by molar-refractivity contribution is -0.123. The summed E-state index contributed by atoms with van der Waals surface area (Å²) in [6.45, 7) is 3.01. The second-order valence-corrected chi connectivity index (χ2v) is 10.5. The highest BCUT2D eigenvalue weighted by Crippen LogP contribution is 2.36. The summed E-state index contributed by atoms with van der Waals surface area (Å²) in [7, 11) is 0. The maximum Gasteiger partial charge on any atom is 0.293 e. The van der Waals surface area contributed by atoms with E-state index in [0.717, 1.165) is 44.6 Å². The largest absolute Gasteiger partial charge is 0.490 e. The van der Waals surface area contributed by atoms with Crippen LogP contribution in [0.15, 0.2) is 108 Å². The van der Waals surface area contributed by atoms with Crippen molar-refractivity contribution in [3.8, 4) is 11.5 Å². The number of rotatable bonds is 8. The van der Waals surface area contributed by atoms with Crippen LogP contribution in [-0.2, 0) is 17.9 Å². The molecule has 1 fully saturated rings. The maximum absolute atomic E-state index is 13.3. The predicted octanol–water partition coefficient (Wildman–Crippen LogP) is 8.21. The Morgan fingerprint density at radius 3 is 2.10 bits per heavy atom. The average Bonchev–Trinajstić information content (AvgIpc) is 3.24. The van der Waals surface area contributed by atoms with E-state index in [1.54, 1.807) is 6.08 Å². The normalized spacial score (nSPS) is 14.4. The van der Waals surface area contributed by atoms with Gasteiger partial charge in [-0.1, -0.05) is 91.0 Å². The summed E-state index contributed by atoms with van der Waals surface area (Å²) in [6.07, 6.45) is 1.74. The Bertz CT molecular complexity index is 1770. The second-order valence-electron chi connectivity index (χ2n) is 9.47. The zero-order valence-corrected chi connectivity index (χ0v) is 22.8. The monoisotopic (exact) mass is 545 g/mol. The molecule has 40 heavy (non-hydrogen) atoms. The fraction of sp³-hybridized carbons (Fsp3) is 0.118. The third-order valence-corrected chi connectivity index (χ3v) is 7.82. The van der Waals surface area contributed by atoms with Crippen molar-refractivity contribution in [2.75, 3.05) is 6.61 Å². The highest BCUT2D eigenvalue weighted by Gasteiger charge is 2.35. The fourth-order valence-corrected chi connectivity index (χ4v) is 5.80. The van der Waals surface area contributed by atoms with Gasteiger partial charge >= 0.3 is 0 Å². The number of ether oxygens (including phenoxy) is 2. The van der Waals surface area contributed by atoms with Crippen LogP contribution in [0.4, 0.5) is 4.79 Å². The molecular weight excluding hydrogens is 518 g/mol. The zero-order chi connectivity index (χ0) is 27.5. The van der Waals surface area contributed by atoms with Crippen molar-refractivity contribution in [1.29, 1.82) is 0 Å². The molecule has 0 unspecified atom stereocenters. The van der Waals surface area contributed by atoms with E-state index in [1.165, 1.54) is 10.3 Å². The molecule has 0 atom stereocenters. The van der Waals surface area contributed by atoms with Crippen molar-refractivity contribution in [3.63, 3.8) is 0 Å². The molecule has 0 spiro atoms. The van der Waals surface area contributed by atoms with Crippen LogP contribution in [0.3, 0.4) is 0 Å². The third kappa shape index (κ3) is 5.18. The van der Waals surface area contributed by atoms with Crippen LogP contribution in [0, 0.1) is 0 Å². The molecule has 0 bridgehead atoms. The fourth-order valence-electron chi connectivity index (χ4n) is 4.96. The lowest BCUT2D eigenvalue weighted by Crippen LogP contribution is -2.27. The van der Waals surface area contributed by atoms with Gasteiger partial charge in [0, 0.05) is 0 Å². The van der Waals surface area contributed by atoms with Gasteiger partial charge in [-0.05, 0) is 75.1 Å². The van der Waals surface area contributed by atoms with Crippen molar-refractivity contribution in [3.05, 3.63) is 125 Å². The molecule has 5 aromatic rings. The number of carbonyl (C=O) groups is 2. The lowest BCUT2D eigenvalue weighted by Gasteiger charge is -2.14. The van der Waals surface area contributed by atoms with Crippen LogP contribution in [0.2, 0.25) is 0 Å². The van der Waals surface area contributed by atoms with Crippen molar-refractivity contribution >= 4 is 50.5 Å². The van der Waals surface area contributed by atoms with E-state index >= 15 is 0 Å². The SMILES string of the molecule is CCOc1cc(/C=C2/SC(=O)N(Cc3cccc4ccccc34)C2=O)ccc1OCc1cccc2ccccc12. The first-order chi connectivity index (χ1) is 19.6. The predicted molar refractivity (Wildman–Crippen MR) is 161 cm³/mol. The van der Waals surface area contributed by atoms with Crippen molar-refractivity contribution < 1.29 is 19.1 Å². The summed E-state index contributed by atoms with van der Waals surface area (Å²) in [5.41, 5.74) is 2.79. The van der Waals surface area contributed by atoms with Gasteiger partial charge in [0.2, 0.25) is 0 Å². The Balaban J connectivity index is 1.22. The minimum atomic E-state index is -0.294. The third-order valence-electron chi connectivity index (χ3n) is 6.91. The number of imide groups is 1. The quantitative estimate of drug-likeness (QED) is 0.184. The highest BCUT2D eigenvalue weighted by molar-refractivity contribution is 8.18. The first-order valence-corrected chi connectivity index (χ1v) is 14.0. The van der Waals surface area contributed by atoms with E-state index in [2.05, 4.69) is 24.3 Å². The summed E-state index contributed by atoms with van der Waals surface area (Å²) in [6, 6.07) is 33.9. The Labute approximate surface area is 237 Å². The Kier molecular flexibility index (Phi) is 7.25. The number of carbonyl (C=O) groups excluding carboxylic acids is 2. The molecule has 0 N–H and O–H groups in total. The van der Waals surface area contributed by atoms with E-state index in [4.69, 9.17) is 9.47 Å². The van der Waals surface area contributed by atoms with Crippen LogP contribution in [0.1, 0.15) is 23.6 Å². The molecule has 6 rings (SSSR count). The molecular formula is C34H27NO4S. The van der Waals surface area contributed by atoms with E-state index in [0.29, 0.717) is 29.6 Å². The first-order valence-electron chi connectivity index (χ1n) is 13.2. The lowest BCUT2D eigenvalue weighted by atomic mass is 10.0. The van der Waals surface area contributed by atoms with Crippen molar-refractivity contribution in [2.24, 2.45) is 0 Å².